The molecular formula is C19H34N4O2. The molecule has 0 radical (unpaired) electrons. The maximum Gasteiger partial charge on any atom is 0.250 e. The highest BCUT2D eigenvalue weighted by Crippen LogP contribution is 1.94. The minimum absolute atomic E-state index is 0.0602. The van der Waals surface area contributed by atoms with Crippen LogP contribution in [0.4, 0.5) is 0 Å². The number of unbranched alkanes of at least 4 members (excludes halogenated alkanes) is 1. The topological polar surface area (TPSA) is 67.7 Å². The van der Waals surface area contributed by atoms with E-state index in [1.165, 1.54) is 0 Å². The number of guanidine groups is 1. The summed E-state index contributed by atoms with van der Waals surface area (Å²) >= 11 is 0. The largest absolute Gasteiger partial charge is 0.381 e. The van der Waals surface area contributed by atoms with Crippen LogP contribution in [-0.2, 0) is 11.3 Å². The van der Waals surface area contributed by atoms with Gasteiger partial charge in [0.15, 0.2) is 5.96 Å². The van der Waals surface area contributed by atoms with Gasteiger partial charge < -0.3 is 19.9 Å². The highest BCUT2D eigenvalue weighted by Gasteiger charge is 1.98. The second-order valence-corrected chi connectivity index (χ2v) is 6.45. The zero-order chi connectivity index (χ0) is 18.3. The number of ether oxygens (including phenoxy) is 1. The molecule has 0 atom stereocenters. The quantitative estimate of drug-likeness (QED) is 0.345. The molecule has 0 spiro atoms. The van der Waals surface area contributed by atoms with Gasteiger partial charge in [-0.05, 0) is 38.2 Å². The third kappa shape index (κ3) is 10.6. The maximum absolute atomic E-state index is 11.6. The first-order valence-corrected chi connectivity index (χ1v) is 9.39. The van der Waals surface area contributed by atoms with Crippen LogP contribution in [0.5, 0.6) is 0 Å². The number of aliphatic imine (C=N–C) groups is 1. The molecule has 0 aliphatic carbocycles. The van der Waals surface area contributed by atoms with E-state index in [9.17, 15) is 4.79 Å². The minimum atomic E-state index is 0.0602. The van der Waals surface area contributed by atoms with Crippen LogP contribution in [0.25, 0.3) is 0 Å². The number of hydrogen-bond acceptors (Lipinski definition) is 3. The summed E-state index contributed by atoms with van der Waals surface area (Å²) in [7, 11) is 0. The smallest absolute Gasteiger partial charge is 0.250 e. The third-order valence-corrected chi connectivity index (χ3v) is 3.53. The predicted molar refractivity (Wildman–Crippen MR) is 104 cm³/mol. The van der Waals surface area contributed by atoms with Gasteiger partial charge in [-0.2, -0.15) is 0 Å². The monoisotopic (exact) mass is 350 g/mol. The lowest BCUT2D eigenvalue weighted by Gasteiger charge is -2.12. The first kappa shape index (κ1) is 21.2. The van der Waals surface area contributed by atoms with Gasteiger partial charge in [0.05, 0.1) is 0 Å². The highest BCUT2D eigenvalue weighted by atomic mass is 16.5. The fraction of sp³-hybridized carbons (Fsp3) is 0.684. The third-order valence-electron chi connectivity index (χ3n) is 3.53. The Kier molecular flexibility index (Phi) is 11.4. The standard InChI is InChI=1S/C19H34N4O2/c1-4-20-19(22-12-9-15-25-16-17(2)3)21-11-6-8-14-23-13-7-5-10-18(23)24/h5,7,10,13,17H,4,6,8-9,11-12,14-16H2,1-3H3,(H2,20,21,22). The van der Waals surface area contributed by atoms with Crippen LogP contribution < -0.4 is 16.2 Å². The van der Waals surface area contributed by atoms with Crippen LogP contribution >= 0.6 is 0 Å². The van der Waals surface area contributed by atoms with Crippen molar-refractivity contribution >= 4 is 5.96 Å². The summed E-state index contributed by atoms with van der Waals surface area (Å²) in [6.45, 7) is 11.1. The van der Waals surface area contributed by atoms with Crippen LogP contribution in [0.1, 0.15) is 40.0 Å². The predicted octanol–water partition coefficient (Wildman–Crippen LogP) is 2.25. The van der Waals surface area contributed by atoms with Crippen molar-refractivity contribution in [2.45, 2.75) is 46.6 Å². The van der Waals surface area contributed by atoms with Crippen LogP contribution in [0.15, 0.2) is 34.2 Å². The maximum atomic E-state index is 11.6. The van der Waals surface area contributed by atoms with Gasteiger partial charge in [-0.3, -0.25) is 9.79 Å². The first-order valence-electron chi connectivity index (χ1n) is 9.39. The van der Waals surface area contributed by atoms with Crippen molar-refractivity contribution in [3.8, 4) is 0 Å². The molecule has 1 aromatic rings. The van der Waals surface area contributed by atoms with E-state index in [-0.39, 0.29) is 5.56 Å². The zero-order valence-corrected chi connectivity index (χ0v) is 16.0. The van der Waals surface area contributed by atoms with Crippen LogP contribution in [0.2, 0.25) is 0 Å². The van der Waals surface area contributed by atoms with E-state index in [1.807, 2.05) is 12.3 Å². The molecule has 1 rings (SSSR count). The molecule has 0 unspecified atom stereocenters. The fourth-order valence-corrected chi connectivity index (χ4v) is 2.28. The second-order valence-electron chi connectivity index (χ2n) is 6.45. The Morgan fingerprint density at radius 3 is 2.80 bits per heavy atom. The summed E-state index contributed by atoms with van der Waals surface area (Å²) in [5.41, 5.74) is 0.0602. The van der Waals surface area contributed by atoms with E-state index < -0.39 is 0 Å². The number of hydrogen-bond donors (Lipinski definition) is 2. The Morgan fingerprint density at radius 2 is 2.08 bits per heavy atom. The van der Waals surface area contributed by atoms with Gasteiger partial charge in [-0.1, -0.05) is 19.9 Å². The van der Waals surface area contributed by atoms with Gasteiger partial charge in [0.1, 0.15) is 0 Å². The van der Waals surface area contributed by atoms with Gasteiger partial charge in [0.2, 0.25) is 5.56 Å². The van der Waals surface area contributed by atoms with Crippen molar-refractivity contribution in [2.75, 3.05) is 32.8 Å². The number of rotatable bonds is 12. The number of pyridine rings is 1. The lowest BCUT2D eigenvalue weighted by molar-refractivity contribution is 0.109. The molecule has 0 saturated carbocycles. The molecule has 0 amide bonds. The summed E-state index contributed by atoms with van der Waals surface area (Å²) in [6, 6.07) is 5.26. The Labute approximate surface area is 151 Å². The van der Waals surface area contributed by atoms with Crippen molar-refractivity contribution in [1.29, 1.82) is 0 Å². The van der Waals surface area contributed by atoms with Crippen LogP contribution in [0, 0.1) is 5.92 Å². The van der Waals surface area contributed by atoms with E-state index in [0.29, 0.717) is 5.92 Å². The number of aryl methyl sites for hydroxylation is 1. The molecule has 6 heteroatoms. The molecule has 0 aliphatic heterocycles. The van der Waals surface area contributed by atoms with Crippen molar-refractivity contribution < 1.29 is 4.74 Å². The van der Waals surface area contributed by atoms with E-state index in [1.54, 1.807) is 16.7 Å². The number of nitrogens with zero attached hydrogens (tertiary/aromatic N) is 2. The molecule has 142 valence electrons. The molecule has 1 heterocycles. The zero-order valence-electron chi connectivity index (χ0n) is 16.0. The summed E-state index contributed by atoms with van der Waals surface area (Å²) in [4.78, 5) is 16.2. The normalized spacial score (nSPS) is 11.8. The van der Waals surface area contributed by atoms with Crippen LogP contribution in [-0.4, -0.2) is 43.4 Å². The fourth-order valence-electron chi connectivity index (χ4n) is 2.28. The molecule has 25 heavy (non-hydrogen) atoms. The van der Waals surface area contributed by atoms with Gasteiger partial charge >= 0.3 is 0 Å². The number of aromatic nitrogens is 1. The molecular weight excluding hydrogens is 316 g/mol. The second kappa shape index (κ2) is 13.5. The molecule has 0 aromatic carbocycles. The van der Waals surface area contributed by atoms with Gasteiger partial charge in [-0.15, -0.1) is 0 Å². The molecule has 2 N–H and O–H groups in total. The minimum Gasteiger partial charge on any atom is -0.381 e. The highest BCUT2D eigenvalue weighted by molar-refractivity contribution is 5.79. The lowest BCUT2D eigenvalue weighted by Crippen LogP contribution is -2.38. The van der Waals surface area contributed by atoms with Gasteiger partial charge in [0, 0.05) is 51.7 Å². The SMILES string of the molecule is CCNC(=NCCCOCC(C)C)NCCCCn1ccccc1=O. The Balaban J connectivity index is 2.18. The summed E-state index contributed by atoms with van der Waals surface area (Å²) in [5.74, 6) is 1.43. The first-order chi connectivity index (χ1) is 12.1. The average Bonchev–Trinajstić information content (AvgIpc) is 2.58. The molecule has 0 bridgehead atoms. The Hall–Kier alpha value is -1.82. The van der Waals surface area contributed by atoms with Crippen molar-refractivity contribution in [1.82, 2.24) is 15.2 Å². The molecule has 0 saturated heterocycles. The lowest BCUT2D eigenvalue weighted by atomic mass is 10.2. The van der Waals surface area contributed by atoms with Gasteiger partial charge in [0.25, 0.3) is 0 Å². The van der Waals surface area contributed by atoms with E-state index in [0.717, 1.165) is 64.6 Å². The van der Waals surface area contributed by atoms with E-state index in [2.05, 4.69) is 36.4 Å². The summed E-state index contributed by atoms with van der Waals surface area (Å²) < 4.78 is 7.31. The average molecular weight is 351 g/mol. The van der Waals surface area contributed by atoms with Gasteiger partial charge in [-0.25, -0.2) is 0 Å². The molecule has 0 aliphatic rings. The van der Waals surface area contributed by atoms with Crippen molar-refractivity contribution in [2.24, 2.45) is 10.9 Å². The molecule has 6 nitrogen and oxygen atoms in total. The van der Waals surface area contributed by atoms with Crippen molar-refractivity contribution in [3.63, 3.8) is 0 Å². The Morgan fingerprint density at radius 1 is 1.24 bits per heavy atom. The van der Waals surface area contributed by atoms with Crippen molar-refractivity contribution in [3.05, 3.63) is 34.7 Å². The summed E-state index contributed by atoms with van der Waals surface area (Å²) in [6.07, 6.45) is 4.71. The Bertz CT molecular complexity index is 540. The molecule has 0 fully saturated rings. The van der Waals surface area contributed by atoms with E-state index in [4.69, 9.17) is 4.74 Å². The van der Waals surface area contributed by atoms with Crippen LogP contribution in [0.3, 0.4) is 0 Å². The van der Waals surface area contributed by atoms with E-state index >= 15 is 0 Å². The number of nitrogens with one attached hydrogen (secondary N) is 2. The molecule has 1 aromatic heterocycles. The summed E-state index contributed by atoms with van der Waals surface area (Å²) in [5, 5.41) is 6.59.